The van der Waals surface area contributed by atoms with Gasteiger partial charge in [-0.05, 0) is 42.7 Å². The molecule has 3 N–H and O–H groups in total. The molecule has 5 rings (SSSR count). The van der Waals surface area contributed by atoms with Crippen molar-refractivity contribution in [1.82, 2.24) is 19.9 Å². The summed E-state index contributed by atoms with van der Waals surface area (Å²) in [6, 6.07) is 7.90. The first-order valence-corrected chi connectivity index (χ1v) is 10.1. The largest absolute Gasteiger partial charge is 0.495 e. The molecule has 1 aromatic carbocycles. The smallest absolute Gasteiger partial charge is 0.182 e. The first kappa shape index (κ1) is 18.6. The van der Waals surface area contributed by atoms with E-state index < -0.39 is 0 Å². The zero-order chi connectivity index (χ0) is 20.7. The van der Waals surface area contributed by atoms with E-state index >= 15 is 0 Å². The second-order valence-electron chi connectivity index (χ2n) is 7.66. The van der Waals surface area contributed by atoms with E-state index in [9.17, 15) is 5.11 Å². The minimum absolute atomic E-state index is 0.292. The lowest BCUT2D eigenvalue weighted by molar-refractivity contribution is 0.198. The van der Waals surface area contributed by atoms with Gasteiger partial charge in [-0.2, -0.15) is 0 Å². The maximum Gasteiger partial charge on any atom is 0.182 e. The van der Waals surface area contributed by atoms with Gasteiger partial charge in [-0.25, -0.2) is 15.0 Å². The van der Waals surface area contributed by atoms with Crippen LogP contribution < -0.4 is 15.0 Å². The van der Waals surface area contributed by atoms with Crippen molar-refractivity contribution in [2.75, 3.05) is 30.4 Å². The number of methoxy groups -OCH3 is 1. The molecule has 0 spiro atoms. The molecule has 0 radical (unpaired) electrons. The normalized spacial score (nSPS) is 16.5. The van der Waals surface area contributed by atoms with E-state index in [1.54, 1.807) is 13.3 Å². The van der Waals surface area contributed by atoms with Gasteiger partial charge in [-0.1, -0.05) is 6.07 Å². The van der Waals surface area contributed by atoms with Gasteiger partial charge in [0.25, 0.3) is 0 Å². The number of fused-ring (bicyclic) bond motifs is 2. The number of nitrogens with zero attached hydrogens (tertiary/aromatic N) is 4. The molecule has 8 heteroatoms. The summed E-state index contributed by atoms with van der Waals surface area (Å²) in [6.07, 6.45) is 4.20. The minimum atomic E-state index is -0.292. The third-order valence-electron chi connectivity index (χ3n) is 5.64. The molecule has 1 aliphatic rings. The first-order chi connectivity index (χ1) is 14.6. The summed E-state index contributed by atoms with van der Waals surface area (Å²) in [4.78, 5) is 19.2. The average molecular weight is 404 g/mol. The van der Waals surface area contributed by atoms with Crippen LogP contribution in [0.4, 0.5) is 11.6 Å². The molecule has 4 heterocycles. The van der Waals surface area contributed by atoms with E-state index in [1.807, 2.05) is 24.4 Å². The predicted molar refractivity (Wildman–Crippen MR) is 117 cm³/mol. The number of nitrogens with one attached hydrogen (secondary N) is 2. The number of ether oxygens (including phenoxy) is 1. The molecule has 4 aromatic rings. The van der Waals surface area contributed by atoms with Crippen LogP contribution in [0, 0.1) is 6.92 Å². The van der Waals surface area contributed by atoms with Crippen LogP contribution in [0.5, 0.6) is 5.75 Å². The number of aryl methyl sites for hydroxylation is 1. The summed E-state index contributed by atoms with van der Waals surface area (Å²) in [5, 5.41) is 14.3. The Labute approximate surface area is 173 Å². The molecule has 8 nitrogen and oxygen atoms in total. The van der Waals surface area contributed by atoms with Crippen LogP contribution in [-0.4, -0.2) is 51.3 Å². The molecule has 1 saturated heterocycles. The number of pyridine rings is 1. The van der Waals surface area contributed by atoms with Crippen molar-refractivity contribution in [3.63, 3.8) is 0 Å². The van der Waals surface area contributed by atoms with Crippen molar-refractivity contribution in [3.05, 3.63) is 47.8 Å². The van der Waals surface area contributed by atoms with Crippen LogP contribution in [0.15, 0.2) is 36.7 Å². The molecule has 1 aliphatic heterocycles. The van der Waals surface area contributed by atoms with Crippen molar-refractivity contribution in [2.24, 2.45) is 0 Å². The zero-order valence-electron chi connectivity index (χ0n) is 17.0. The lowest BCUT2D eigenvalue weighted by Gasteiger charge is -2.16. The molecule has 30 heavy (non-hydrogen) atoms. The number of anilines is 2. The van der Waals surface area contributed by atoms with E-state index in [0.717, 1.165) is 46.5 Å². The lowest BCUT2D eigenvalue weighted by atomic mass is 10.1. The van der Waals surface area contributed by atoms with Crippen LogP contribution in [0.2, 0.25) is 0 Å². The molecule has 0 bridgehead atoms. The molecule has 154 valence electrons. The lowest BCUT2D eigenvalue weighted by Crippen LogP contribution is -2.22. The summed E-state index contributed by atoms with van der Waals surface area (Å²) < 4.78 is 5.46. The minimum Gasteiger partial charge on any atom is -0.495 e. The molecular formula is C22H24N6O2. The van der Waals surface area contributed by atoms with Crippen molar-refractivity contribution in [2.45, 2.75) is 26.0 Å². The number of aliphatic hydroxyl groups excluding tert-OH is 1. The predicted octanol–water partition coefficient (Wildman–Crippen LogP) is 3.01. The number of benzene rings is 1. The third-order valence-corrected chi connectivity index (χ3v) is 5.64. The Morgan fingerprint density at radius 2 is 2.17 bits per heavy atom. The molecule has 1 fully saturated rings. The molecular weight excluding hydrogens is 380 g/mol. The zero-order valence-corrected chi connectivity index (χ0v) is 17.0. The monoisotopic (exact) mass is 404 g/mol. The fraction of sp³-hybridized carbons (Fsp3) is 0.318. The number of hydrogen-bond donors (Lipinski definition) is 3. The van der Waals surface area contributed by atoms with Crippen LogP contribution >= 0.6 is 0 Å². The van der Waals surface area contributed by atoms with Crippen LogP contribution in [0.1, 0.15) is 17.5 Å². The Kier molecular flexibility index (Phi) is 4.63. The molecule has 0 aliphatic carbocycles. The Morgan fingerprint density at radius 1 is 1.27 bits per heavy atom. The van der Waals surface area contributed by atoms with Crippen LogP contribution in [0.25, 0.3) is 22.1 Å². The van der Waals surface area contributed by atoms with Crippen LogP contribution in [0.3, 0.4) is 0 Å². The van der Waals surface area contributed by atoms with Gasteiger partial charge in [0.05, 0.1) is 24.9 Å². The van der Waals surface area contributed by atoms with Gasteiger partial charge in [-0.3, -0.25) is 0 Å². The molecule has 3 aromatic heterocycles. The molecule has 1 atom stereocenters. The number of β-amino-alcohol motifs (C(OH)–C–C–N with tert-alkyl or cyclic N) is 1. The first-order valence-electron chi connectivity index (χ1n) is 10.1. The van der Waals surface area contributed by atoms with Gasteiger partial charge >= 0.3 is 0 Å². The molecule has 0 unspecified atom stereocenters. The number of aromatic amines is 1. The second-order valence-corrected chi connectivity index (χ2v) is 7.66. The number of H-pyrrole nitrogens is 1. The number of rotatable bonds is 5. The standard InChI is InChI=1S/C22H24N6O2/c1-13-9-25-21-17(30-2)5-3-14(20(13)21)10-24-18-11-23-16-4-6-19(27-22(16)26-18)28-8-7-15(29)12-28/h3-6,9,11,15,25,29H,7-8,10,12H2,1-2H3,(H,24,26,27)/t15-/m0/s1. The summed E-state index contributed by atoms with van der Waals surface area (Å²) in [7, 11) is 1.68. The summed E-state index contributed by atoms with van der Waals surface area (Å²) in [6.45, 7) is 4.09. The maximum absolute atomic E-state index is 9.79. The van der Waals surface area contributed by atoms with Gasteiger partial charge in [0.1, 0.15) is 22.9 Å². The van der Waals surface area contributed by atoms with E-state index in [4.69, 9.17) is 4.74 Å². The maximum atomic E-state index is 9.79. The highest BCUT2D eigenvalue weighted by Crippen LogP contribution is 2.30. The van der Waals surface area contributed by atoms with Crippen molar-refractivity contribution in [1.29, 1.82) is 0 Å². The quantitative estimate of drug-likeness (QED) is 0.470. The molecule has 0 amide bonds. The Balaban J connectivity index is 1.40. The highest BCUT2D eigenvalue weighted by atomic mass is 16.5. The summed E-state index contributed by atoms with van der Waals surface area (Å²) in [5.41, 5.74) is 4.66. The summed E-state index contributed by atoms with van der Waals surface area (Å²) >= 11 is 0. The van der Waals surface area contributed by atoms with Gasteiger partial charge in [0, 0.05) is 31.2 Å². The summed E-state index contributed by atoms with van der Waals surface area (Å²) in [5.74, 6) is 2.33. The average Bonchev–Trinajstić information content (AvgIpc) is 3.38. The highest BCUT2D eigenvalue weighted by Gasteiger charge is 2.21. The Morgan fingerprint density at radius 3 is 2.97 bits per heavy atom. The van der Waals surface area contributed by atoms with Gasteiger partial charge in [0.2, 0.25) is 0 Å². The van der Waals surface area contributed by atoms with E-state index in [-0.39, 0.29) is 6.10 Å². The topological polar surface area (TPSA) is 99.2 Å². The molecule has 0 saturated carbocycles. The highest BCUT2D eigenvalue weighted by molar-refractivity contribution is 5.91. The fourth-order valence-electron chi connectivity index (χ4n) is 4.08. The Hall–Kier alpha value is -3.39. The number of hydrogen-bond acceptors (Lipinski definition) is 7. The van der Waals surface area contributed by atoms with Gasteiger partial charge in [-0.15, -0.1) is 0 Å². The SMILES string of the molecule is COc1ccc(CNc2cnc3ccc(N4CC[C@H](O)C4)nc3n2)c2c(C)c[nH]c12. The number of aliphatic hydroxyl groups is 1. The second kappa shape index (κ2) is 7.46. The fourth-order valence-corrected chi connectivity index (χ4v) is 4.08. The van der Waals surface area contributed by atoms with Crippen LogP contribution in [-0.2, 0) is 6.54 Å². The van der Waals surface area contributed by atoms with Crippen molar-refractivity contribution in [3.8, 4) is 5.75 Å². The van der Waals surface area contributed by atoms with E-state index in [0.29, 0.717) is 24.6 Å². The Bertz CT molecular complexity index is 1220. The van der Waals surface area contributed by atoms with E-state index in [1.165, 1.54) is 5.56 Å². The third kappa shape index (κ3) is 3.29. The van der Waals surface area contributed by atoms with Gasteiger partial charge < -0.3 is 25.0 Å². The van der Waals surface area contributed by atoms with E-state index in [2.05, 4.69) is 43.1 Å². The van der Waals surface area contributed by atoms with Crippen molar-refractivity contribution < 1.29 is 9.84 Å². The van der Waals surface area contributed by atoms with Crippen molar-refractivity contribution >= 4 is 33.7 Å². The van der Waals surface area contributed by atoms with Gasteiger partial charge in [0.15, 0.2) is 5.65 Å². The number of aromatic nitrogens is 4.